The molecule has 0 aliphatic carbocycles. The number of nitrogens with one attached hydrogen (secondary N) is 2. The highest BCUT2D eigenvalue weighted by atomic mass is 35.5. The van der Waals surface area contributed by atoms with E-state index in [1.807, 2.05) is 0 Å². The summed E-state index contributed by atoms with van der Waals surface area (Å²) in [6.45, 7) is 1.01. The number of Topliss-reactive ketones (excluding diaryl/α,β-unsaturated/α-hetero) is 1. The Balaban J connectivity index is 1.94. The average Bonchev–Trinajstić information content (AvgIpc) is 2.71. The molecule has 172 valence electrons. The van der Waals surface area contributed by atoms with Crippen LogP contribution in [0.2, 0.25) is 5.02 Å². The Labute approximate surface area is 186 Å². The lowest BCUT2D eigenvalue weighted by Gasteiger charge is -2.44. The molecule has 1 aliphatic heterocycles. The number of halogens is 4. The molecule has 0 radical (unpaired) electrons. The molecule has 0 saturated carbocycles. The van der Waals surface area contributed by atoms with E-state index in [-0.39, 0.29) is 23.7 Å². The van der Waals surface area contributed by atoms with Crippen molar-refractivity contribution in [1.29, 1.82) is 0 Å². The number of hydrogen-bond donors (Lipinski definition) is 3. The number of rotatable bonds is 6. The van der Waals surface area contributed by atoms with Crippen molar-refractivity contribution in [3.63, 3.8) is 0 Å². The van der Waals surface area contributed by atoms with Crippen molar-refractivity contribution < 1.29 is 37.3 Å². The highest BCUT2D eigenvalue weighted by Crippen LogP contribution is 2.44. The van der Waals surface area contributed by atoms with Crippen molar-refractivity contribution in [2.75, 3.05) is 7.11 Å². The summed E-state index contributed by atoms with van der Waals surface area (Å²) in [5, 5.41) is 14.5. The van der Waals surface area contributed by atoms with Gasteiger partial charge in [-0.15, -0.1) is 0 Å². The number of ketones is 1. The van der Waals surface area contributed by atoms with Crippen molar-refractivity contribution >= 4 is 23.4 Å². The summed E-state index contributed by atoms with van der Waals surface area (Å²) in [5.41, 5.74) is -2.92. The number of aliphatic hydroxyl groups is 1. The fraction of sp³-hybridized carbons (Fsp3) is 0.333. The molecule has 3 rings (SSSR count). The summed E-state index contributed by atoms with van der Waals surface area (Å²) in [6, 6.07) is 8.43. The zero-order valence-electron chi connectivity index (χ0n) is 17.0. The van der Waals surface area contributed by atoms with E-state index in [4.69, 9.17) is 21.1 Å². The van der Waals surface area contributed by atoms with E-state index in [1.54, 1.807) is 24.3 Å². The number of benzene rings is 2. The number of carbonyl (C=O) groups is 2. The van der Waals surface area contributed by atoms with Crippen LogP contribution < -0.4 is 20.1 Å². The number of alkyl halides is 3. The summed E-state index contributed by atoms with van der Waals surface area (Å²) in [6.07, 6.45) is -5.29. The quantitative estimate of drug-likeness (QED) is 0.595. The van der Waals surface area contributed by atoms with Crippen LogP contribution in [0, 0.1) is 5.92 Å². The lowest BCUT2D eigenvalue weighted by molar-refractivity contribution is -0.290. The van der Waals surface area contributed by atoms with E-state index in [0.29, 0.717) is 10.6 Å². The summed E-state index contributed by atoms with van der Waals surface area (Å²) < 4.78 is 51.8. The van der Waals surface area contributed by atoms with Gasteiger partial charge in [-0.05, 0) is 30.7 Å². The van der Waals surface area contributed by atoms with E-state index in [1.165, 1.54) is 30.6 Å². The van der Waals surface area contributed by atoms with E-state index in [9.17, 15) is 27.9 Å². The van der Waals surface area contributed by atoms with Crippen LogP contribution in [-0.2, 0) is 11.4 Å². The predicted molar refractivity (Wildman–Crippen MR) is 108 cm³/mol. The summed E-state index contributed by atoms with van der Waals surface area (Å²) in [5.74, 6) is -2.60. The first kappa shape index (κ1) is 23.7. The second-order valence-electron chi connectivity index (χ2n) is 7.22. The SMILES string of the molecule is COc1cc([C@H]2NC(=O)N[C@@](O)(C(F)(F)F)[C@@H]2C(C)=O)ccc1OCc1ccccc1Cl. The molecule has 7 nitrogen and oxygen atoms in total. The van der Waals surface area contributed by atoms with Gasteiger partial charge in [0.1, 0.15) is 12.4 Å². The normalized spacial score (nSPS) is 23.2. The smallest absolute Gasteiger partial charge is 0.437 e. The van der Waals surface area contributed by atoms with Gasteiger partial charge in [0.15, 0.2) is 11.5 Å². The standard InChI is InChI=1S/C21H20ClF3N2O5/c1-11(28)17-18(26-19(29)27-20(17,30)21(23,24)25)12-7-8-15(16(9-12)31-2)32-10-13-5-3-4-6-14(13)22/h3-9,17-18,30H,10H2,1-2H3,(H2,26,27,29)/t17-,18-,20+/m1/s1. The van der Waals surface area contributed by atoms with Gasteiger partial charge in [0.2, 0.25) is 5.72 Å². The molecule has 1 aliphatic rings. The first-order chi connectivity index (χ1) is 15.0. The minimum Gasteiger partial charge on any atom is -0.493 e. The van der Waals surface area contributed by atoms with E-state index in [2.05, 4.69) is 5.32 Å². The van der Waals surface area contributed by atoms with Gasteiger partial charge in [0.05, 0.1) is 19.1 Å². The van der Waals surface area contributed by atoms with Crippen LogP contribution in [0.3, 0.4) is 0 Å². The molecule has 1 saturated heterocycles. The Morgan fingerprint density at radius 1 is 1.22 bits per heavy atom. The number of hydrogen-bond acceptors (Lipinski definition) is 5. The van der Waals surface area contributed by atoms with Gasteiger partial charge in [-0.3, -0.25) is 4.79 Å². The number of methoxy groups -OCH3 is 1. The Bertz CT molecular complexity index is 1030. The fourth-order valence-corrected chi connectivity index (χ4v) is 3.76. The summed E-state index contributed by atoms with van der Waals surface area (Å²) in [7, 11) is 1.33. The molecule has 2 aromatic carbocycles. The van der Waals surface area contributed by atoms with Crippen molar-refractivity contribution in [2.45, 2.75) is 31.5 Å². The average molecular weight is 473 g/mol. The van der Waals surface area contributed by atoms with Gasteiger partial charge < -0.3 is 25.2 Å². The summed E-state index contributed by atoms with van der Waals surface area (Å²) in [4.78, 5) is 24.1. The van der Waals surface area contributed by atoms with Gasteiger partial charge in [-0.2, -0.15) is 13.2 Å². The molecule has 0 bridgehead atoms. The lowest BCUT2D eigenvalue weighted by Crippen LogP contribution is -2.72. The summed E-state index contributed by atoms with van der Waals surface area (Å²) >= 11 is 6.11. The van der Waals surface area contributed by atoms with E-state index < -0.39 is 35.7 Å². The molecular weight excluding hydrogens is 453 g/mol. The van der Waals surface area contributed by atoms with Gasteiger partial charge in [-0.25, -0.2) is 4.79 Å². The van der Waals surface area contributed by atoms with Crippen LogP contribution in [0.1, 0.15) is 24.1 Å². The number of amides is 2. The molecule has 0 unspecified atom stereocenters. The third-order valence-electron chi connectivity index (χ3n) is 5.13. The molecular formula is C21H20ClF3N2O5. The Morgan fingerprint density at radius 2 is 1.91 bits per heavy atom. The largest absolute Gasteiger partial charge is 0.493 e. The first-order valence-corrected chi connectivity index (χ1v) is 9.78. The van der Waals surface area contributed by atoms with Crippen molar-refractivity contribution in [3.8, 4) is 11.5 Å². The van der Waals surface area contributed by atoms with E-state index >= 15 is 0 Å². The molecule has 2 aromatic rings. The molecule has 3 atom stereocenters. The van der Waals surface area contributed by atoms with Crippen LogP contribution >= 0.6 is 11.6 Å². The maximum absolute atomic E-state index is 13.6. The Hall–Kier alpha value is -2.98. The number of carbonyl (C=O) groups excluding carboxylic acids is 2. The van der Waals surface area contributed by atoms with E-state index in [0.717, 1.165) is 6.92 Å². The van der Waals surface area contributed by atoms with Crippen LogP contribution in [0.25, 0.3) is 0 Å². The Morgan fingerprint density at radius 3 is 2.50 bits per heavy atom. The minimum atomic E-state index is -5.29. The highest BCUT2D eigenvalue weighted by Gasteiger charge is 2.65. The van der Waals surface area contributed by atoms with Crippen molar-refractivity contribution in [2.24, 2.45) is 5.92 Å². The molecule has 0 aromatic heterocycles. The molecule has 2 amide bonds. The molecule has 1 fully saturated rings. The topological polar surface area (TPSA) is 96.9 Å². The maximum atomic E-state index is 13.6. The third kappa shape index (κ3) is 4.46. The minimum absolute atomic E-state index is 0.101. The van der Waals surface area contributed by atoms with Gasteiger partial charge >= 0.3 is 12.2 Å². The molecule has 1 heterocycles. The molecule has 11 heteroatoms. The van der Waals surface area contributed by atoms with Gasteiger partial charge in [-0.1, -0.05) is 35.9 Å². The van der Waals surface area contributed by atoms with Crippen LogP contribution in [-0.4, -0.2) is 35.9 Å². The third-order valence-corrected chi connectivity index (χ3v) is 5.50. The van der Waals surface area contributed by atoms with Crippen LogP contribution in [0.5, 0.6) is 11.5 Å². The second-order valence-corrected chi connectivity index (χ2v) is 7.63. The zero-order chi connectivity index (χ0) is 23.7. The second kappa shape index (κ2) is 8.87. The maximum Gasteiger partial charge on any atom is 0.437 e. The van der Waals surface area contributed by atoms with Crippen LogP contribution in [0.15, 0.2) is 42.5 Å². The number of urea groups is 1. The Kier molecular flexibility index (Phi) is 6.56. The zero-order valence-corrected chi connectivity index (χ0v) is 17.8. The van der Waals surface area contributed by atoms with Crippen molar-refractivity contribution in [3.05, 3.63) is 58.6 Å². The monoisotopic (exact) mass is 472 g/mol. The fourth-order valence-electron chi connectivity index (χ4n) is 3.57. The number of ether oxygens (including phenoxy) is 2. The lowest BCUT2D eigenvalue weighted by atomic mass is 9.79. The molecule has 0 spiro atoms. The van der Waals surface area contributed by atoms with Crippen molar-refractivity contribution in [1.82, 2.24) is 10.6 Å². The van der Waals surface area contributed by atoms with Gasteiger partial charge in [0, 0.05) is 10.6 Å². The highest BCUT2D eigenvalue weighted by molar-refractivity contribution is 6.31. The molecule has 3 N–H and O–H groups in total. The molecule has 32 heavy (non-hydrogen) atoms. The van der Waals surface area contributed by atoms with Crippen LogP contribution in [0.4, 0.5) is 18.0 Å². The first-order valence-electron chi connectivity index (χ1n) is 9.40. The predicted octanol–water partition coefficient (Wildman–Crippen LogP) is 3.74. The van der Waals surface area contributed by atoms with Gasteiger partial charge in [0.25, 0.3) is 0 Å².